The van der Waals surface area contributed by atoms with Crippen LogP contribution in [0.3, 0.4) is 0 Å². The third-order valence-corrected chi connectivity index (χ3v) is 2.69. The van der Waals surface area contributed by atoms with Gasteiger partial charge in [0.15, 0.2) is 0 Å². The van der Waals surface area contributed by atoms with Gasteiger partial charge in [-0.05, 0) is 46.3 Å². The summed E-state index contributed by atoms with van der Waals surface area (Å²) in [6.07, 6.45) is 1.46. The molecule has 1 aromatic heterocycles. The molecule has 18 heavy (non-hydrogen) atoms. The van der Waals surface area contributed by atoms with Crippen LogP contribution in [0.5, 0.6) is 0 Å². The van der Waals surface area contributed by atoms with E-state index < -0.39 is 11.7 Å². The number of carbonyl (C=O) groups excluding carboxylic acids is 1. The summed E-state index contributed by atoms with van der Waals surface area (Å²) in [5, 5.41) is 2.54. The van der Waals surface area contributed by atoms with Gasteiger partial charge in [0.25, 0.3) is 5.91 Å². The maximum atomic E-state index is 13.4. The minimum Gasteiger partial charge on any atom is -0.399 e. The van der Waals surface area contributed by atoms with Crippen molar-refractivity contribution in [2.24, 2.45) is 0 Å². The number of nitrogens with one attached hydrogen (secondary N) is 1. The molecule has 0 fully saturated rings. The molecular formula is C12H9BrFN3O. The van der Waals surface area contributed by atoms with Gasteiger partial charge in [-0.1, -0.05) is 0 Å². The summed E-state index contributed by atoms with van der Waals surface area (Å²) < 4.78 is 14.1. The zero-order chi connectivity index (χ0) is 13.1. The lowest BCUT2D eigenvalue weighted by Crippen LogP contribution is -2.14. The molecule has 2 rings (SSSR count). The van der Waals surface area contributed by atoms with Crippen molar-refractivity contribution in [1.29, 1.82) is 0 Å². The molecule has 0 aliphatic heterocycles. The summed E-state index contributed by atoms with van der Waals surface area (Å²) in [6.45, 7) is 0. The van der Waals surface area contributed by atoms with Crippen molar-refractivity contribution in [2.75, 3.05) is 11.1 Å². The van der Waals surface area contributed by atoms with Crippen molar-refractivity contribution >= 4 is 33.2 Å². The van der Waals surface area contributed by atoms with Gasteiger partial charge in [-0.15, -0.1) is 0 Å². The standard InChI is InChI=1S/C12H9BrFN3O/c13-11-4-2-8(6-16-11)17-12(18)9-5-7(15)1-3-10(9)14/h1-6H,15H2,(H,17,18). The first-order valence-electron chi connectivity index (χ1n) is 5.04. The highest BCUT2D eigenvalue weighted by molar-refractivity contribution is 9.10. The molecule has 0 aliphatic rings. The van der Waals surface area contributed by atoms with Gasteiger partial charge in [0.1, 0.15) is 10.4 Å². The average molecular weight is 310 g/mol. The van der Waals surface area contributed by atoms with Crippen LogP contribution in [0.2, 0.25) is 0 Å². The molecule has 92 valence electrons. The fourth-order valence-electron chi connectivity index (χ4n) is 1.37. The second kappa shape index (κ2) is 5.14. The average Bonchev–Trinajstić information content (AvgIpc) is 2.35. The van der Waals surface area contributed by atoms with Crippen molar-refractivity contribution in [2.45, 2.75) is 0 Å². The monoisotopic (exact) mass is 309 g/mol. The van der Waals surface area contributed by atoms with Gasteiger partial charge in [-0.2, -0.15) is 0 Å². The number of halogens is 2. The Balaban J connectivity index is 2.21. The van der Waals surface area contributed by atoms with Crippen molar-refractivity contribution in [3.05, 3.63) is 52.5 Å². The van der Waals surface area contributed by atoms with Crippen LogP contribution in [0, 0.1) is 5.82 Å². The van der Waals surface area contributed by atoms with E-state index in [1.165, 1.54) is 18.3 Å². The fraction of sp³-hybridized carbons (Fsp3) is 0. The zero-order valence-electron chi connectivity index (χ0n) is 9.15. The predicted octanol–water partition coefficient (Wildman–Crippen LogP) is 2.82. The highest BCUT2D eigenvalue weighted by Crippen LogP contribution is 2.15. The van der Waals surface area contributed by atoms with Crippen LogP contribution in [0.1, 0.15) is 10.4 Å². The summed E-state index contributed by atoms with van der Waals surface area (Å²) in [5.41, 5.74) is 6.22. The Labute approximate surface area is 111 Å². The van der Waals surface area contributed by atoms with Gasteiger partial charge in [-0.3, -0.25) is 4.79 Å². The van der Waals surface area contributed by atoms with E-state index in [1.54, 1.807) is 12.1 Å². The van der Waals surface area contributed by atoms with Gasteiger partial charge in [0.2, 0.25) is 0 Å². The normalized spacial score (nSPS) is 10.1. The molecule has 1 aromatic carbocycles. The van der Waals surface area contributed by atoms with Gasteiger partial charge in [0.05, 0.1) is 17.4 Å². The molecule has 0 bridgehead atoms. The van der Waals surface area contributed by atoms with Crippen molar-refractivity contribution < 1.29 is 9.18 Å². The van der Waals surface area contributed by atoms with Crippen LogP contribution in [0.4, 0.5) is 15.8 Å². The molecule has 1 amide bonds. The third-order valence-electron chi connectivity index (χ3n) is 2.22. The molecule has 0 saturated heterocycles. The lowest BCUT2D eigenvalue weighted by molar-refractivity contribution is 0.102. The highest BCUT2D eigenvalue weighted by atomic mass is 79.9. The number of aromatic nitrogens is 1. The molecular weight excluding hydrogens is 301 g/mol. The summed E-state index contributed by atoms with van der Waals surface area (Å²) in [5.74, 6) is -1.18. The number of carbonyl (C=O) groups is 1. The number of benzene rings is 1. The molecule has 0 unspecified atom stereocenters. The first-order chi connectivity index (χ1) is 8.56. The second-order valence-corrected chi connectivity index (χ2v) is 4.38. The molecule has 0 spiro atoms. The Bertz CT molecular complexity index is 586. The number of hydrogen-bond donors (Lipinski definition) is 2. The highest BCUT2D eigenvalue weighted by Gasteiger charge is 2.12. The SMILES string of the molecule is Nc1ccc(F)c(C(=O)Nc2ccc(Br)nc2)c1. The van der Waals surface area contributed by atoms with Gasteiger partial charge < -0.3 is 11.1 Å². The molecule has 0 radical (unpaired) electrons. The maximum Gasteiger partial charge on any atom is 0.258 e. The number of nitrogen functional groups attached to an aromatic ring is 1. The largest absolute Gasteiger partial charge is 0.399 e. The first kappa shape index (κ1) is 12.5. The van der Waals surface area contributed by atoms with E-state index >= 15 is 0 Å². The van der Waals surface area contributed by atoms with E-state index in [-0.39, 0.29) is 5.56 Å². The lowest BCUT2D eigenvalue weighted by Gasteiger charge is -2.06. The number of hydrogen-bond acceptors (Lipinski definition) is 3. The van der Waals surface area contributed by atoms with Crippen molar-refractivity contribution in [3.8, 4) is 0 Å². The second-order valence-electron chi connectivity index (χ2n) is 3.56. The van der Waals surface area contributed by atoms with Gasteiger partial charge >= 0.3 is 0 Å². The molecule has 3 N–H and O–H groups in total. The first-order valence-corrected chi connectivity index (χ1v) is 5.83. The summed E-state index contributed by atoms with van der Waals surface area (Å²) >= 11 is 3.18. The predicted molar refractivity (Wildman–Crippen MR) is 70.7 cm³/mol. The molecule has 6 heteroatoms. The summed E-state index contributed by atoms with van der Waals surface area (Å²) in [7, 11) is 0. The number of amides is 1. The van der Waals surface area contributed by atoms with E-state index in [0.29, 0.717) is 16.0 Å². The Kier molecular flexibility index (Phi) is 3.57. The van der Waals surface area contributed by atoms with E-state index in [9.17, 15) is 9.18 Å². The number of pyridine rings is 1. The summed E-state index contributed by atoms with van der Waals surface area (Å²) in [6, 6.07) is 7.17. The summed E-state index contributed by atoms with van der Waals surface area (Å²) in [4.78, 5) is 15.8. The van der Waals surface area contributed by atoms with Crippen LogP contribution < -0.4 is 11.1 Å². The van der Waals surface area contributed by atoms with E-state index in [1.807, 2.05) is 0 Å². The van der Waals surface area contributed by atoms with Crippen LogP contribution >= 0.6 is 15.9 Å². The zero-order valence-corrected chi connectivity index (χ0v) is 10.7. The molecule has 1 heterocycles. The quantitative estimate of drug-likeness (QED) is 0.662. The number of nitrogens with zero attached hydrogens (tertiary/aromatic N) is 1. The third kappa shape index (κ3) is 2.84. The maximum absolute atomic E-state index is 13.4. The van der Waals surface area contributed by atoms with Crippen molar-refractivity contribution in [1.82, 2.24) is 4.98 Å². The number of rotatable bonds is 2. The van der Waals surface area contributed by atoms with E-state index in [2.05, 4.69) is 26.2 Å². The molecule has 0 aliphatic carbocycles. The van der Waals surface area contributed by atoms with Crippen LogP contribution in [-0.4, -0.2) is 10.9 Å². The minimum absolute atomic E-state index is 0.0991. The smallest absolute Gasteiger partial charge is 0.258 e. The van der Waals surface area contributed by atoms with Crippen molar-refractivity contribution in [3.63, 3.8) is 0 Å². The molecule has 4 nitrogen and oxygen atoms in total. The Morgan fingerprint density at radius 2 is 2.11 bits per heavy atom. The topological polar surface area (TPSA) is 68.0 Å². The Hall–Kier alpha value is -1.95. The van der Waals surface area contributed by atoms with Crippen LogP contribution in [0.25, 0.3) is 0 Å². The molecule has 2 aromatic rings. The van der Waals surface area contributed by atoms with Crippen LogP contribution in [-0.2, 0) is 0 Å². The van der Waals surface area contributed by atoms with Gasteiger partial charge in [0, 0.05) is 5.69 Å². The fourth-order valence-corrected chi connectivity index (χ4v) is 1.60. The van der Waals surface area contributed by atoms with Crippen LogP contribution in [0.15, 0.2) is 41.1 Å². The number of anilines is 2. The Morgan fingerprint density at radius 3 is 2.78 bits per heavy atom. The van der Waals surface area contributed by atoms with Gasteiger partial charge in [-0.25, -0.2) is 9.37 Å². The van der Waals surface area contributed by atoms with E-state index in [4.69, 9.17) is 5.73 Å². The molecule has 0 saturated carbocycles. The lowest BCUT2D eigenvalue weighted by atomic mass is 10.1. The van der Waals surface area contributed by atoms with E-state index in [0.717, 1.165) is 6.07 Å². The minimum atomic E-state index is -0.619. The Morgan fingerprint density at radius 1 is 1.33 bits per heavy atom. The number of nitrogens with two attached hydrogens (primary N) is 1. The molecule has 0 atom stereocenters.